The Morgan fingerprint density at radius 1 is 1.10 bits per heavy atom. The number of nitrogens with zero attached hydrogens (tertiary/aromatic N) is 4. The fourth-order valence-corrected chi connectivity index (χ4v) is 3.20. The minimum absolute atomic E-state index is 0.0517. The number of carbonyl (C=O) groups is 1. The molecule has 0 saturated carbocycles. The number of unbranched alkanes of at least 4 members (excludes halogenated alkanes) is 1. The molecule has 0 saturated heterocycles. The fraction of sp³-hybridized carbons (Fsp3) is 0.429. The Bertz CT molecular complexity index is 1090. The molecule has 3 rings (SSSR count). The van der Waals surface area contributed by atoms with E-state index >= 15 is 0 Å². The van der Waals surface area contributed by atoms with Gasteiger partial charge in [0, 0.05) is 31.3 Å². The third-order valence-corrected chi connectivity index (χ3v) is 4.61. The number of anilines is 1. The van der Waals surface area contributed by atoms with E-state index in [1.54, 1.807) is 20.3 Å². The van der Waals surface area contributed by atoms with Gasteiger partial charge >= 0.3 is 0 Å². The van der Waals surface area contributed by atoms with Crippen LogP contribution < -0.4 is 20.1 Å². The van der Waals surface area contributed by atoms with Gasteiger partial charge in [-0.1, -0.05) is 5.57 Å². The van der Waals surface area contributed by atoms with E-state index in [-0.39, 0.29) is 5.91 Å². The molecule has 0 aliphatic rings. The molecule has 0 unspecified atom stereocenters. The summed E-state index contributed by atoms with van der Waals surface area (Å²) in [6.45, 7) is 7.03. The second kappa shape index (κ2) is 9.43. The first-order valence-corrected chi connectivity index (χ1v) is 9.88. The summed E-state index contributed by atoms with van der Waals surface area (Å²) in [5.74, 6) is 2.60. The average molecular weight is 412 g/mol. The maximum atomic E-state index is 11.6. The van der Waals surface area contributed by atoms with Crippen LogP contribution in [0.1, 0.15) is 32.5 Å². The van der Waals surface area contributed by atoms with Crippen LogP contribution in [0.15, 0.2) is 23.8 Å². The number of rotatable bonds is 9. The van der Waals surface area contributed by atoms with Crippen LogP contribution in [0, 0.1) is 6.92 Å². The lowest BCUT2D eigenvalue weighted by Gasteiger charge is -2.13. The number of allylic oxidation sites excluding steroid dienone is 1. The number of hydrogen-bond donors (Lipinski definition) is 2. The summed E-state index contributed by atoms with van der Waals surface area (Å²) >= 11 is 0. The largest absolute Gasteiger partial charge is 0.493 e. The fourth-order valence-electron chi connectivity index (χ4n) is 3.20. The number of nitrogens with one attached hydrogen (secondary N) is 2. The van der Waals surface area contributed by atoms with E-state index in [0.717, 1.165) is 35.3 Å². The molecule has 3 aromatic rings. The van der Waals surface area contributed by atoms with Gasteiger partial charge in [-0.05, 0) is 33.6 Å². The Labute approximate surface area is 175 Å². The second-order valence-corrected chi connectivity index (χ2v) is 7.21. The van der Waals surface area contributed by atoms with Crippen molar-refractivity contribution in [2.24, 2.45) is 0 Å². The van der Waals surface area contributed by atoms with Gasteiger partial charge in [0.15, 0.2) is 17.3 Å². The van der Waals surface area contributed by atoms with Crippen LogP contribution in [0.4, 0.5) is 5.82 Å². The number of carbonyl (C=O) groups excluding carboxylic acids is 1. The van der Waals surface area contributed by atoms with E-state index in [0.29, 0.717) is 36.1 Å². The Morgan fingerprint density at radius 2 is 1.80 bits per heavy atom. The molecule has 9 nitrogen and oxygen atoms in total. The lowest BCUT2D eigenvalue weighted by Crippen LogP contribution is -2.22. The highest BCUT2D eigenvalue weighted by Gasteiger charge is 2.16. The molecule has 0 aliphatic heterocycles. The minimum atomic E-state index is -0.0517. The van der Waals surface area contributed by atoms with E-state index < -0.39 is 0 Å². The first-order valence-electron chi connectivity index (χ1n) is 9.88. The normalized spacial score (nSPS) is 10.8. The van der Waals surface area contributed by atoms with Gasteiger partial charge in [-0.3, -0.25) is 9.20 Å². The van der Waals surface area contributed by atoms with E-state index in [2.05, 4.69) is 20.8 Å². The minimum Gasteiger partial charge on any atom is -0.493 e. The first kappa shape index (κ1) is 21.4. The number of aromatic nitrogens is 4. The summed E-state index contributed by atoms with van der Waals surface area (Å²) in [6, 6.07) is 3.72. The molecule has 2 heterocycles. The van der Waals surface area contributed by atoms with Crippen LogP contribution in [0.5, 0.6) is 11.5 Å². The van der Waals surface area contributed by atoms with Gasteiger partial charge in [-0.2, -0.15) is 0 Å². The number of hydrogen-bond acceptors (Lipinski definition) is 7. The smallest absolute Gasteiger partial charge is 0.243 e. The number of amides is 1. The van der Waals surface area contributed by atoms with Gasteiger partial charge in [-0.25, -0.2) is 4.98 Å². The Hall–Kier alpha value is -3.36. The summed E-state index contributed by atoms with van der Waals surface area (Å²) in [7, 11) is 3.20. The second-order valence-electron chi connectivity index (χ2n) is 7.21. The maximum absolute atomic E-state index is 11.6. The van der Waals surface area contributed by atoms with Crippen molar-refractivity contribution in [2.75, 3.05) is 32.6 Å². The van der Waals surface area contributed by atoms with Crippen molar-refractivity contribution < 1.29 is 14.3 Å². The highest BCUT2D eigenvalue weighted by Crippen LogP contribution is 2.33. The molecule has 160 valence electrons. The summed E-state index contributed by atoms with van der Waals surface area (Å²) in [4.78, 5) is 16.4. The molecular weight excluding hydrogens is 384 g/mol. The topological polar surface area (TPSA) is 103 Å². The molecule has 0 fully saturated rings. The Kier molecular flexibility index (Phi) is 6.71. The van der Waals surface area contributed by atoms with Gasteiger partial charge in [0.1, 0.15) is 5.82 Å². The molecule has 1 amide bonds. The SMILES string of the molecule is COc1cc2nc(NCCCCNC(=O)C=C(C)C)c3nnc(C)n3c2cc1OC. The zero-order chi connectivity index (χ0) is 21.7. The van der Waals surface area contributed by atoms with Crippen molar-refractivity contribution in [1.82, 2.24) is 24.9 Å². The van der Waals surface area contributed by atoms with Crippen LogP contribution in [-0.4, -0.2) is 52.8 Å². The molecule has 2 aromatic heterocycles. The first-order chi connectivity index (χ1) is 14.4. The molecule has 0 aliphatic carbocycles. The molecule has 0 bridgehead atoms. The van der Waals surface area contributed by atoms with Crippen LogP contribution in [0.25, 0.3) is 16.7 Å². The number of aryl methyl sites for hydroxylation is 1. The van der Waals surface area contributed by atoms with E-state index in [1.165, 1.54) is 0 Å². The quantitative estimate of drug-likeness (QED) is 0.411. The summed E-state index contributed by atoms with van der Waals surface area (Å²) in [5, 5.41) is 14.7. The van der Waals surface area contributed by atoms with Crippen LogP contribution in [-0.2, 0) is 4.79 Å². The third kappa shape index (κ3) is 4.61. The van der Waals surface area contributed by atoms with E-state index in [1.807, 2.05) is 37.3 Å². The number of fused-ring (bicyclic) bond motifs is 3. The average Bonchev–Trinajstić information content (AvgIpc) is 3.11. The highest BCUT2D eigenvalue weighted by molar-refractivity contribution is 5.88. The molecule has 1 aromatic carbocycles. The summed E-state index contributed by atoms with van der Waals surface area (Å²) < 4.78 is 12.8. The van der Waals surface area contributed by atoms with Crippen molar-refractivity contribution in [3.05, 3.63) is 29.6 Å². The monoisotopic (exact) mass is 412 g/mol. The van der Waals surface area contributed by atoms with Gasteiger partial charge in [0.2, 0.25) is 11.6 Å². The summed E-state index contributed by atoms with van der Waals surface area (Å²) in [5.41, 5.74) is 3.24. The molecule has 30 heavy (non-hydrogen) atoms. The molecule has 0 radical (unpaired) electrons. The van der Waals surface area contributed by atoms with Crippen LogP contribution >= 0.6 is 0 Å². The Morgan fingerprint density at radius 3 is 2.50 bits per heavy atom. The zero-order valence-electron chi connectivity index (χ0n) is 18.1. The van der Waals surface area contributed by atoms with Gasteiger partial charge in [-0.15, -0.1) is 10.2 Å². The summed E-state index contributed by atoms with van der Waals surface area (Å²) in [6.07, 6.45) is 3.33. The van der Waals surface area contributed by atoms with Gasteiger partial charge < -0.3 is 20.1 Å². The highest BCUT2D eigenvalue weighted by atomic mass is 16.5. The van der Waals surface area contributed by atoms with E-state index in [4.69, 9.17) is 14.5 Å². The zero-order valence-corrected chi connectivity index (χ0v) is 18.1. The predicted octanol–water partition coefficient (Wildman–Crippen LogP) is 2.88. The van der Waals surface area contributed by atoms with Crippen molar-refractivity contribution in [1.29, 1.82) is 0 Å². The van der Waals surface area contributed by atoms with Crippen LogP contribution in [0.3, 0.4) is 0 Å². The number of benzene rings is 1. The van der Waals surface area contributed by atoms with E-state index in [9.17, 15) is 4.79 Å². The van der Waals surface area contributed by atoms with Crippen LogP contribution in [0.2, 0.25) is 0 Å². The predicted molar refractivity (Wildman–Crippen MR) is 116 cm³/mol. The van der Waals surface area contributed by atoms with Crippen molar-refractivity contribution in [2.45, 2.75) is 33.6 Å². The van der Waals surface area contributed by atoms with Crippen molar-refractivity contribution in [3.63, 3.8) is 0 Å². The standard InChI is InChI=1S/C21H28N6O3/c1-13(2)10-19(28)22-8-6-7-9-23-20-21-26-25-14(3)27(21)16-12-18(30-5)17(29-4)11-15(16)24-20/h10-12H,6-9H2,1-5H3,(H,22,28)(H,23,24). The molecule has 9 heteroatoms. The lowest BCUT2D eigenvalue weighted by molar-refractivity contribution is -0.116. The molecular formula is C21H28N6O3. The van der Waals surface area contributed by atoms with Gasteiger partial charge in [0.05, 0.1) is 25.3 Å². The molecule has 0 atom stereocenters. The number of methoxy groups -OCH3 is 2. The number of ether oxygens (including phenoxy) is 2. The Balaban J connectivity index is 1.74. The van der Waals surface area contributed by atoms with Gasteiger partial charge in [0.25, 0.3) is 0 Å². The van der Waals surface area contributed by atoms with Crippen molar-refractivity contribution in [3.8, 4) is 11.5 Å². The lowest BCUT2D eigenvalue weighted by atomic mass is 10.2. The van der Waals surface area contributed by atoms with Crippen molar-refractivity contribution >= 4 is 28.4 Å². The third-order valence-electron chi connectivity index (χ3n) is 4.61. The molecule has 2 N–H and O–H groups in total. The molecule has 0 spiro atoms. The maximum Gasteiger partial charge on any atom is 0.243 e.